The number of hydrogen-bond donors (Lipinski definition) is 1. The Morgan fingerprint density at radius 3 is 2.75 bits per heavy atom. The van der Waals surface area contributed by atoms with E-state index in [4.69, 9.17) is 11.6 Å². The van der Waals surface area contributed by atoms with Gasteiger partial charge in [-0.25, -0.2) is 4.98 Å². The van der Waals surface area contributed by atoms with Crippen LogP contribution in [-0.2, 0) is 0 Å². The predicted octanol–water partition coefficient (Wildman–Crippen LogP) is 4.10. The van der Waals surface area contributed by atoms with Crippen LogP contribution in [0.25, 0.3) is 0 Å². The van der Waals surface area contributed by atoms with Crippen LogP contribution in [0.1, 0.15) is 11.1 Å². The molecule has 0 unspecified atom stereocenters. The van der Waals surface area contributed by atoms with E-state index in [1.807, 2.05) is 12.1 Å². The summed E-state index contributed by atoms with van der Waals surface area (Å²) in [5.41, 5.74) is 3.42. The summed E-state index contributed by atoms with van der Waals surface area (Å²) in [6, 6.07) is 9.88. The molecule has 1 N–H and O–H groups in total. The highest BCUT2D eigenvalue weighted by atomic mass is 35.5. The van der Waals surface area contributed by atoms with E-state index < -0.39 is 0 Å². The Labute approximate surface area is 100 Å². The van der Waals surface area contributed by atoms with Gasteiger partial charge < -0.3 is 5.32 Å². The molecule has 2 aromatic rings. The molecule has 2 nitrogen and oxygen atoms in total. The molecule has 0 saturated carbocycles. The summed E-state index contributed by atoms with van der Waals surface area (Å²) < 4.78 is 0. The Morgan fingerprint density at radius 1 is 1.19 bits per heavy atom. The average molecular weight is 233 g/mol. The van der Waals surface area contributed by atoms with E-state index in [-0.39, 0.29) is 0 Å². The molecule has 0 atom stereocenters. The molecule has 0 fully saturated rings. The molecule has 0 aliphatic heterocycles. The number of rotatable bonds is 2. The van der Waals surface area contributed by atoms with Gasteiger partial charge >= 0.3 is 0 Å². The number of hydrogen-bond acceptors (Lipinski definition) is 2. The maximum Gasteiger partial charge on any atom is 0.149 e. The summed E-state index contributed by atoms with van der Waals surface area (Å²) in [6.45, 7) is 4.11. The third-order valence-electron chi connectivity index (χ3n) is 2.40. The van der Waals surface area contributed by atoms with Gasteiger partial charge in [-0.05, 0) is 43.2 Å². The van der Waals surface area contributed by atoms with Gasteiger partial charge in [0.1, 0.15) is 5.82 Å². The van der Waals surface area contributed by atoms with E-state index in [9.17, 15) is 0 Å². The van der Waals surface area contributed by atoms with E-state index >= 15 is 0 Å². The molecule has 2 rings (SSSR count). The van der Waals surface area contributed by atoms with Crippen molar-refractivity contribution in [2.75, 3.05) is 5.32 Å². The van der Waals surface area contributed by atoms with Crippen LogP contribution in [0.5, 0.6) is 0 Å². The molecule has 3 heteroatoms. The second kappa shape index (κ2) is 4.54. The van der Waals surface area contributed by atoms with Crippen LogP contribution in [0.4, 0.5) is 11.5 Å². The first kappa shape index (κ1) is 11.0. The lowest BCUT2D eigenvalue weighted by molar-refractivity contribution is 1.29. The van der Waals surface area contributed by atoms with Gasteiger partial charge in [0.15, 0.2) is 0 Å². The predicted molar refractivity (Wildman–Crippen MR) is 68.4 cm³/mol. The molecule has 0 saturated heterocycles. The van der Waals surface area contributed by atoms with E-state index in [1.165, 1.54) is 11.1 Å². The van der Waals surface area contributed by atoms with Crippen molar-refractivity contribution in [3.8, 4) is 0 Å². The smallest absolute Gasteiger partial charge is 0.149 e. The van der Waals surface area contributed by atoms with E-state index in [0.717, 1.165) is 5.69 Å². The third-order valence-corrected chi connectivity index (χ3v) is 2.71. The van der Waals surface area contributed by atoms with Crippen LogP contribution in [0.15, 0.2) is 36.5 Å². The number of aromatic nitrogens is 1. The average Bonchev–Trinajstić information content (AvgIpc) is 2.27. The minimum absolute atomic E-state index is 0.628. The van der Waals surface area contributed by atoms with Crippen molar-refractivity contribution >= 4 is 23.1 Å². The lowest BCUT2D eigenvalue weighted by atomic mass is 10.1. The molecule has 1 heterocycles. The number of benzene rings is 1. The van der Waals surface area contributed by atoms with Gasteiger partial charge in [0, 0.05) is 11.9 Å². The van der Waals surface area contributed by atoms with Crippen molar-refractivity contribution in [1.82, 2.24) is 4.98 Å². The van der Waals surface area contributed by atoms with E-state index in [1.54, 1.807) is 6.20 Å². The topological polar surface area (TPSA) is 24.9 Å². The molecule has 1 aromatic carbocycles. The normalized spacial score (nSPS) is 10.2. The quantitative estimate of drug-likeness (QED) is 0.844. The number of anilines is 2. The van der Waals surface area contributed by atoms with Gasteiger partial charge in [-0.1, -0.05) is 23.7 Å². The molecule has 82 valence electrons. The third kappa shape index (κ3) is 2.34. The van der Waals surface area contributed by atoms with Crippen molar-refractivity contribution < 1.29 is 0 Å². The summed E-state index contributed by atoms with van der Waals surface area (Å²) in [5.74, 6) is 0.692. The molecule has 0 amide bonds. The fourth-order valence-electron chi connectivity index (χ4n) is 1.48. The molecule has 0 spiro atoms. The van der Waals surface area contributed by atoms with Gasteiger partial charge in [-0.2, -0.15) is 0 Å². The SMILES string of the molecule is Cc1ccc(C)c(Nc2ncccc2Cl)c1. The zero-order valence-electron chi connectivity index (χ0n) is 9.29. The molecule has 16 heavy (non-hydrogen) atoms. The minimum Gasteiger partial charge on any atom is -0.339 e. The molecule has 0 radical (unpaired) electrons. The van der Waals surface area contributed by atoms with Crippen LogP contribution < -0.4 is 5.32 Å². The van der Waals surface area contributed by atoms with Crippen molar-refractivity contribution in [1.29, 1.82) is 0 Å². The zero-order valence-corrected chi connectivity index (χ0v) is 10.0. The van der Waals surface area contributed by atoms with Gasteiger partial charge in [-0.15, -0.1) is 0 Å². The van der Waals surface area contributed by atoms with E-state index in [2.05, 4.69) is 42.3 Å². The number of aryl methyl sites for hydroxylation is 2. The number of nitrogens with zero attached hydrogens (tertiary/aromatic N) is 1. The summed E-state index contributed by atoms with van der Waals surface area (Å²) in [5, 5.41) is 3.87. The molecular formula is C13H13ClN2. The summed E-state index contributed by atoms with van der Waals surface area (Å²) >= 11 is 6.04. The summed E-state index contributed by atoms with van der Waals surface area (Å²) in [6.07, 6.45) is 1.72. The molecular weight excluding hydrogens is 220 g/mol. The largest absolute Gasteiger partial charge is 0.339 e. The molecule has 0 bridgehead atoms. The standard InChI is InChI=1S/C13H13ClN2/c1-9-5-6-10(2)12(8-9)16-13-11(14)4-3-7-15-13/h3-8H,1-2H3,(H,15,16). The lowest BCUT2D eigenvalue weighted by Crippen LogP contribution is -1.96. The fourth-order valence-corrected chi connectivity index (χ4v) is 1.64. The Hall–Kier alpha value is -1.54. The Balaban J connectivity index is 2.34. The van der Waals surface area contributed by atoms with Crippen LogP contribution in [0, 0.1) is 13.8 Å². The van der Waals surface area contributed by atoms with Gasteiger partial charge in [0.05, 0.1) is 5.02 Å². The lowest BCUT2D eigenvalue weighted by Gasteiger charge is -2.10. The second-order valence-electron chi connectivity index (χ2n) is 3.78. The Morgan fingerprint density at radius 2 is 2.00 bits per heavy atom. The Kier molecular flexibility index (Phi) is 3.11. The van der Waals surface area contributed by atoms with Crippen molar-refractivity contribution in [2.24, 2.45) is 0 Å². The molecule has 0 aliphatic carbocycles. The first-order valence-corrected chi connectivity index (χ1v) is 5.49. The van der Waals surface area contributed by atoms with Crippen LogP contribution in [-0.4, -0.2) is 4.98 Å². The van der Waals surface area contributed by atoms with Crippen molar-refractivity contribution in [3.63, 3.8) is 0 Å². The first-order valence-electron chi connectivity index (χ1n) is 5.11. The minimum atomic E-state index is 0.628. The highest BCUT2D eigenvalue weighted by Crippen LogP contribution is 2.25. The monoisotopic (exact) mass is 232 g/mol. The number of pyridine rings is 1. The van der Waals surface area contributed by atoms with Crippen LogP contribution in [0.3, 0.4) is 0 Å². The van der Waals surface area contributed by atoms with Gasteiger partial charge in [0.25, 0.3) is 0 Å². The fraction of sp³-hybridized carbons (Fsp3) is 0.154. The second-order valence-corrected chi connectivity index (χ2v) is 4.18. The summed E-state index contributed by atoms with van der Waals surface area (Å²) in [4.78, 5) is 4.20. The number of nitrogens with one attached hydrogen (secondary N) is 1. The highest BCUT2D eigenvalue weighted by Gasteiger charge is 2.03. The summed E-state index contributed by atoms with van der Waals surface area (Å²) in [7, 11) is 0. The van der Waals surface area contributed by atoms with Gasteiger partial charge in [-0.3, -0.25) is 0 Å². The first-order chi connectivity index (χ1) is 7.66. The maximum atomic E-state index is 6.04. The van der Waals surface area contributed by atoms with Crippen LogP contribution >= 0.6 is 11.6 Å². The zero-order chi connectivity index (χ0) is 11.5. The Bertz CT molecular complexity index is 509. The van der Waals surface area contributed by atoms with Gasteiger partial charge in [0.2, 0.25) is 0 Å². The highest BCUT2D eigenvalue weighted by molar-refractivity contribution is 6.33. The van der Waals surface area contributed by atoms with Crippen LogP contribution in [0.2, 0.25) is 5.02 Å². The maximum absolute atomic E-state index is 6.04. The molecule has 0 aliphatic rings. The molecule has 1 aromatic heterocycles. The number of halogens is 1. The van der Waals surface area contributed by atoms with Crippen molar-refractivity contribution in [2.45, 2.75) is 13.8 Å². The van der Waals surface area contributed by atoms with E-state index in [0.29, 0.717) is 10.8 Å². The van der Waals surface area contributed by atoms with Crippen molar-refractivity contribution in [3.05, 3.63) is 52.7 Å².